The summed E-state index contributed by atoms with van der Waals surface area (Å²) in [6.45, 7) is 3.47. The van der Waals surface area contributed by atoms with Gasteiger partial charge in [-0.15, -0.1) is 0 Å². The average Bonchev–Trinajstić information content (AvgIpc) is 2.03. The molecule has 0 radical (unpaired) electrons. The largest absolute Gasteiger partial charge is 0.290 e. The lowest BCUT2D eigenvalue weighted by Gasteiger charge is -2.04. The number of hydrazine groups is 1. The van der Waals surface area contributed by atoms with E-state index in [0.717, 1.165) is 0 Å². The van der Waals surface area contributed by atoms with E-state index in [9.17, 15) is 4.79 Å². The number of amides is 1. The Kier molecular flexibility index (Phi) is 2.35. The molecule has 0 unspecified atom stereocenters. The second-order valence-corrected chi connectivity index (χ2v) is 2.39. The summed E-state index contributed by atoms with van der Waals surface area (Å²) in [5.41, 5.74) is 3.75. The molecule has 0 atom stereocenters. The van der Waals surface area contributed by atoms with Gasteiger partial charge in [-0.05, 0) is 13.8 Å². The van der Waals surface area contributed by atoms with Gasteiger partial charge in [0.25, 0.3) is 5.91 Å². The Morgan fingerprint density at radius 1 is 1.42 bits per heavy atom. The maximum Gasteiger partial charge on any atom is 0.268 e. The lowest BCUT2D eigenvalue weighted by atomic mass is 10.1. The van der Waals surface area contributed by atoms with Crippen LogP contribution in [0.2, 0.25) is 0 Å². The van der Waals surface area contributed by atoms with Crippen LogP contribution in [0.3, 0.4) is 0 Å². The van der Waals surface area contributed by atoms with Crippen molar-refractivity contribution in [2.75, 3.05) is 0 Å². The number of rotatable bonds is 1. The van der Waals surface area contributed by atoms with Gasteiger partial charge in [0.1, 0.15) is 6.33 Å². The SMILES string of the molecule is Cc1ncnc(C)c1C(=O)NN. The van der Waals surface area contributed by atoms with Crippen LogP contribution in [0, 0.1) is 13.8 Å². The topological polar surface area (TPSA) is 80.9 Å². The number of carbonyl (C=O) groups excluding carboxylic acids is 1. The second kappa shape index (κ2) is 3.27. The van der Waals surface area contributed by atoms with Crippen LogP contribution in [-0.2, 0) is 0 Å². The fourth-order valence-corrected chi connectivity index (χ4v) is 0.994. The lowest BCUT2D eigenvalue weighted by Crippen LogP contribution is -2.31. The molecule has 0 saturated heterocycles. The average molecular weight is 166 g/mol. The van der Waals surface area contributed by atoms with Gasteiger partial charge < -0.3 is 0 Å². The minimum atomic E-state index is -0.356. The van der Waals surface area contributed by atoms with Crippen molar-refractivity contribution in [1.29, 1.82) is 0 Å². The molecule has 1 aromatic rings. The Balaban J connectivity index is 3.21. The van der Waals surface area contributed by atoms with Gasteiger partial charge in [0, 0.05) is 0 Å². The number of hydrogen-bond donors (Lipinski definition) is 2. The highest BCUT2D eigenvalue weighted by molar-refractivity contribution is 5.95. The van der Waals surface area contributed by atoms with Crippen molar-refractivity contribution in [3.8, 4) is 0 Å². The van der Waals surface area contributed by atoms with E-state index in [2.05, 4.69) is 9.97 Å². The molecule has 0 aliphatic carbocycles. The molecule has 64 valence electrons. The summed E-state index contributed by atoms with van der Waals surface area (Å²) in [4.78, 5) is 18.9. The fraction of sp³-hybridized carbons (Fsp3) is 0.286. The Bertz CT molecular complexity index is 290. The van der Waals surface area contributed by atoms with Crippen molar-refractivity contribution in [3.05, 3.63) is 23.3 Å². The normalized spacial score (nSPS) is 9.58. The smallest absolute Gasteiger partial charge is 0.268 e. The molecule has 0 bridgehead atoms. The highest BCUT2D eigenvalue weighted by Gasteiger charge is 2.11. The van der Waals surface area contributed by atoms with Gasteiger partial charge in [-0.25, -0.2) is 15.8 Å². The quantitative estimate of drug-likeness (QED) is 0.341. The number of hydrogen-bond acceptors (Lipinski definition) is 4. The maximum atomic E-state index is 11.1. The molecule has 3 N–H and O–H groups in total. The molecule has 0 spiro atoms. The molecule has 1 aromatic heterocycles. The molecule has 0 aliphatic heterocycles. The molecule has 0 saturated carbocycles. The van der Waals surface area contributed by atoms with Crippen LogP contribution in [0.15, 0.2) is 6.33 Å². The molecule has 1 amide bonds. The van der Waals surface area contributed by atoms with Crippen LogP contribution >= 0.6 is 0 Å². The summed E-state index contributed by atoms with van der Waals surface area (Å²) in [5, 5.41) is 0. The Morgan fingerprint density at radius 2 is 1.92 bits per heavy atom. The first-order valence-electron chi connectivity index (χ1n) is 3.46. The molecular weight excluding hydrogens is 156 g/mol. The highest BCUT2D eigenvalue weighted by Crippen LogP contribution is 2.06. The zero-order valence-electron chi connectivity index (χ0n) is 6.96. The summed E-state index contributed by atoms with van der Waals surface area (Å²) in [5.74, 6) is 4.63. The minimum absolute atomic E-state index is 0.356. The first kappa shape index (κ1) is 8.61. The summed E-state index contributed by atoms with van der Waals surface area (Å²) in [7, 11) is 0. The molecule has 1 heterocycles. The van der Waals surface area contributed by atoms with Crippen LogP contribution in [0.5, 0.6) is 0 Å². The number of aromatic nitrogens is 2. The van der Waals surface area contributed by atoms with Crippen LogP contribution in [0.1, 0.15) is 21.7 Å². The highest BCUT2D eigenvalue weighted by atomic mass is 16.2. The van der Waals surface area contributed by atoms with Gasteiger partial charge in [0.2, 0.25) is 0 Å². The number of nitrogen functional groups attached to an aromatic ring is 1. The van der Waals surface area contributed by atoms with E-state index >= 15 is 0 Å². The van der Waals surface area contributed by atoms with E-state index in [1.807, 2.05) is 5.43 Å². The second-order valence-electron chi connectivity index (χ2n) is 2.39. The molecular formula is C7H10N4O. The summed E-state index contributed by atoms with van der Waals surface area (Å²) >= 11 is 0. The van der Waals surface area contributed by atoms with E-state index in [4.69, 9.17) is 5.84 Å². The summed E-state index contributed by atoms with van der Waals surface area (Å²) in [6, 6.07) is 0. The van der Waals surface area contributed by atoms with Crippen LogP contribution in [-0.4, -0.2) is 15.9 Å². The number of carbonyl (C=O) groups is 1. The zero-order chi connectivity index (χ0) is 9.14. The Hall–Kier alpha value is -1.49. The first-order valence-corrected chi connectivity index (χ1v) is 3.46. The third-order valence-electron chi connectivity index (χ3n) is 1.58. The van der Waals surface area contributed by atoms with Crippen LogP contribution in [0.4, 0.5) is 0 Å². The predicted octanol–water partition coefficient (Wildman–Crippen LogP) is -0.303. The van der Waals surface area contributed by atoms with Crippen molar-refractivity contribution in [2.24, 2.45) is 5.84 Å². The van der Waals surface area contributed by atoms with Gasteiger partial charge in [0.05, 0.1) is 17.0 Å². The third-order valence-corrected chi connectivity index (χ3v) is 1.58. The van der Waals surface area contributed by atoms with Gasteiger partial charge in [0.15, 0.2) is 0 Å². The number of nitrogens with zero attached hydrogens (tertiary/aromatic N) is 2. The van der Waals surface area contributed by atoms with Gasteiger partial charge in [-0.2, -0.15) is 0 Å². The van der Waals surface area contributed by atoms with Crippen molar-refractivity contribution >= 4 is 5.91 Å². The molecule has 0 aromatic carbocycles. The monoisotopic (exact) mass is 166 g/mol. The molecule has 12 heavy (non-hydrogen) atoms. The van der Waals surface area contributed by atoms with Crippen molar-refractivity contribution in [2.45, 2.75) is 13.8 Å². The van der Waals surface area contributed by atoms with Crippen LogP contribution in [0.25, 0.3) is 0 Å². The summed E-state index contributed by atoms with van der Waals surface area (Å²) in [6.07, 6.45) is 1.41. The van der Waals surface area contributed by atoms with E-state index in [1.54, 1.807) is 13.8 Å². The van der Waals surface area contributed by atoms with Crippen molar-refractivity contribution in [1.82, 2.24) is 15.4 Å². The maximum absolute atomic E-state index is 11.1. The standard InChI is InChI=1S/C7H10N4O/c1-4-6(7(12)11-8)5(2)10-3-9-4/h3H,8H2,1-2H3,(H,11,12). The molecule has 0 fully saturated rings. The van der Waals surface area contributed by atoms with E-state index in [0.29, 0.717) is 17.0 Å². The minimum Gasteiger partial charge on any atom is -0.290 e. The predicted molar refractivity (Wildman–Crippen MR) is 43.2 cm³/mol. The number of nitrogens with two attached hydrogens (primary N) is 1. The van der Waals surface area contributed by atoms with Crippen LogP contribution < -0.4 is 11.3 Å². The Labute approximate surface area is 70.0 Å². The van der Waals surface area contributed by atoms with E-state index < -0.39 is 0 Å². The summed E-state index contributed by atoms with van der Waals surface area (Å²) < 4.78 is 0. The van der Waals surface area contributed by atoms with Gasteiger partial charge in [-0.3, -0.25) is 10.2 Å². The third kappa shape index (κ3) is 1.40. The molecule has 0 aliphatic rings. The molecule has 5 nitrogen and oxygen atoms in total. The molecule has 5 heteroatoms. The van der Waals surface area contributed by atoms with Gasteiger partial charge >= 0.3 is 0 Å². The zero-order valence-corrected chi connectivity index (χ0v) is 6.96. The van der Waals surface area contributed by atoms with E-state index in [1.165, 1.54) is 6.33 Å². The van der Waals surface area contributed by atoms with Gasteiger partial charge in [-0.1, -0.05) is 0 Å². The van der Waals surface area contributed by atoms with Crippen molar-refractivity contribution in [3.63, 3.8) is 0 Å². The number of aryl methyl sites for hydroxylation is 2. The number of nitrogens with one attached hydrogen (secondary N) is 1. The Morgan fingerprint density at radius 3 is 2.33 bits per heavy atom. The molecule has 1 rings (SSSR count). The fourth-order valence-electron chi connectivity index (χ4n) is 0.994. The lowest BCUT2D eigenvalue weighted by molar-refractivity contribution is 0.0951. The first-order chi connectivity index (χ1) is 5.66. The van der Waals surface area contributed by atoms with Crippen molar-refractivity contribution < 1.29 is 4.79 Å². The van der Waals surface area contributed by atoms with E-state index in [-0.39, 0.29) is 5.91 Å².